The van der Waals surface area contributed by atoms with Crippen LogP contribution >= 0.6 is 0 Å². The Morgan fingerprint density at radius 3 is 2.79 bits per heavy atom. The summed E-state index contributed by atoms with van der Waals surface area (Å²) < 4.78 is 21.9. The van der Waals surface area contributed by atoms with E-state index in [1.54, 1.807) is 23.9 Å². The summed E-state index contributed by atoms with van der Waals surface area (Å²) in [6, 6.07) is 13.3. The normalized spacial score (nSPS) is 17.4. The van der Waals surface area contributed by atoms with E-state index in [0.29, 0.717) is 23.5 Å². The molecule has 0 fully saturated rings. The third kappa shape index (κ3) is 2.69. The van der Waals surface area contributed by atoms with Crippen molar-refractivity contribution in [1.82, 2.24) is 9.99 Å². The van der Waals surface area contributed by atoms with Crippen LogP contribution in [0.25, 0.3) is 0 Å². The minimum Gasteiger partial charge on any atom is -0.489 e. The molecule has 2 aliphatic rings. The fraction of sp³-hybridized carbons (Fsp3) is 0.182. The second-order valence-corrected chi connectivity index (χ2v) is 7.17. The van der Waals surface area contributed by atoms with Crippen molar-refractivity contribution in [3.8, 4) is 5.75 Å². The number of benzene rings is 2. The second-order valence-electron chi connectivity index (χ2n) is 7.17. The fourth-order valence-electron chi connectivity index (χ4n) is 4.08. The molecule has 6 nitrogen and oxygen atoms in total. The molecule has 1 atom stereocenters. The Balaban J connectivity index is 1.78. The molecule has 7 heteroatoms. The molecule has 0 bridgehead atoms. The van der Waals surface area contributed by atoms with Crippen LogP contribution < -0.4 is 20.5 Å². The van der Waals surface area contributed by atoms with Gasteiger partial charge in [0.15, 0.2) is 5.43 Å². The van der Waals surface area contributed by atoms with E-state index in [1.165, 1.54) is 18.2 Å². The van der Waals surface area contributed by atoms with E-state index in [9.17, 15) is 14.0 Å². The first-order chi connectivity index (χ1) is 14.0. The zero-order valence-corrected chi connectivity index (χ0v) is 15.7. The SMILES string of the molecule is Cc1c2n(ccc1=O)N(C1c3ccccc3COc3ccc(F)cc31)CNC2=O. The third-order valence-corrected chi connectivity index (χ3v) is 5.51. The van der Waals surface area contributed by atoms with Crippen molar-refractivity contribution < 1.29 is 13.9 Å². The van der Waals surface area contributed by atoms with E-state index >= 15 is 0 Å². The average Bonchev–Trinajstić information content (AvgIpc) is 2.87. The minimum atomic E-state index is -0.416. The smallest absolute Gasteiger partial charge is 0.271 e. The van der Waals surface area contributed by atoms with Crippen molar-refractivity contribution >= 4 is 5.91 Å². The van der Waals surface area contributed by atoms with Crippen molar-refractivity contribution in [3.63, 3.8) is 0 Å². The number of fused-ring (bicyclic) bond motifs is 3. The topological polar surface area (TPSA) is 63.6 Å². The van der Waals surface area contributed by atoms with Crippen LogP contribution in [-0.4, -0.2) is 17.3 Å². The molecule has 1 amide bonds. The quantitative estimate of drug-likeness (QED) is 0.693. The first-order valence-corrected chi connectivity index (χ1v) is 9.32. The molecule has 1 N–H and O–H groups in total. The van der Waals surface area contributed by atoms with E-state index in [-0.39, 0.29) is 29.5 Å². The number of amides is 1. The van der Waals surface area contributed by atoms with Gasteiger partial charge >= 0.3 is 0 Å². The van der Waals surface area contributed by atoms with Gasteiger partial charge in [-0.3, -0.25) is 19.3 Å². The highest BCUT2D eigenvalue weighted by molar-refractivity contribution is 5.95. The molecular formula is C22H18FN3O3. The molecule has 0 spiro atoms. The molecule has 0 saturated heterocycles. The highest BCUT2D eigenvalue weighted by atomic mass is 19.1. The second kappa shape index (κ2) is 6.48. The standard InChI is InChI=1S/C22H18FN3O3/c1-13-18(27)8-9-25-20(13)22(28)24-12-26(25)21-16-5-3-2-4-14(16)11-29-19-7-6-15(23)10-17(19)21/h2-10,21H,11-12H2,1H3,(H,24,28). The van der Waals surface area contributed by atoms with Gasteiger partial charge in [0.05, 0.1) is 0 Å². The summed E-state index contributed by atoms with van der Waals surface area (Å²) in [6.45, 7) is 2.19. The minimum absolute atomic E-state index is 0.198. The van der Waals surface area contributed by atoms with E-state index in [0.717, 1.165) is 11.1 Å². The maximum Gasteiger partial charge on any atom is 0.271 e. The Labute approximate surface area is 166 Å². The largest absolute Gasteiger partial charge is 0.489 e. The Bertz CT molecular complexity index is 1200. The molecule has 2 aromatic carbocycles. The number of carbonyl (C=O) groups is 1. The number of aromatic nitrogens is 1. The molecule has 146 valence electrons. The van der Waals surface area contributed by atoms with Crippen LogP contribution in [0.15, 0.2) is 59.5 Å². The maximum absolute atomic E-state index is 14.2. The third-order valence-electron chi connectivity index (χ3n) is 5.51. The van der Waals surface area contributed by atoms with Gasteiger partial charge in [0.1, 0.15) is 36.6 Å². The molecule has 2 aliphatic heterocycles. The van der Waals surface area contributed by atoms with E-state index < -0.39 is 6.04 Å². The van der Waals surface area contributed by atoms with Gasteiger partial charge in [-0.1, -0.05) is 24.3 Å². The predicted octanol–water partition coefficient (Wildman–Crippen LogP) is 2.62. The number of carbonyl (C=O) groups excluding carboxylic acids is 1. The molecule has 0 aliphatic carbocycles. The van der Waals surface area contributed by atoms with Crippen LogP contribution in [0, 0.1) is 12.7 Å². The lowest BCUT2D eigenvalue weighted by molar-refractivity contribution is 0.0919. The summed E-state index contributed by atoms with van der Waals surface area (Å²) in [5.41, 5.74) is 3.04. The Morgan fingerprint density at radius 2 is 1.93 bits per heavy atom. The van der Waals surface area contributed by atoms with Crippen LogP contribution in [0.3, 0.4) is 0 Å². The van der Waals surface area contributed by atoms with E-state index in [4.69, 9.17) is 4.74 Å². The van der Waals surface area contributed by atoms with E-state index in [2.05, 4.69) is 5.32 Å². The van der Waals surface area contributed by atoms with Gasteiger partial charge in [-0.15, -0.1) is 0 Å². The monoisotopic (exact) mass is 391 g/mol. The summed E-state index contributed by atoms with van der Waals surface area (Å²) in [5.74, 6) is -0.0908. The number of hydrogen-bond acceptors (Lipinski definition) is 4. The van der Waals surface area contributed by atoms with Gasteiger partial charge < -0.3 is 10.1 Å². The lowest BCUT2D eigenvalue weighted by atomic mass is 9.94. The first kappa shape index (κ1) is 17.5. The number of nitrogens with one attached hydrogen (secondary N) is 1. The van der Waals surface area contributed by atoms with Crippen molar-refractivity contribution in [2.24, 2.45) is 0 Å². The van der Waals surface area contributed by atoms with Crippen LogP contribution in [-0.2, 0) is 6.61 Å². The Hall–Kier alpha value is -3.61. The highest BCUT2D eigenvalue weighted by Gasteiger charge is 2.35. The van der Waals surface area contributed by atoms with Gasteiger partial charge in [0, 0.05) is 23.4 Å². The zero-order chi connectivity index (χ0) is 20.1. The van der Waals surface area contributed by atoms with Gasteiger partial charge in [-0.25, -0.2) is 4.39 Å². The summed E-state index contributed by atoms with van der Waals surface area (Å²) in [6.07, 6.45) is 1.59. The Morgan fingerprint density at radius 1 is 1.10 bits per heavy atom. The lowest BCUT2D eigenvalue weighted by Crippen LogP contribution is -2.54. The van der Waals surface area contributed by atoms with Crippen molar-refractivity contribution in [3.05, 3.63) is 98.7 Å². The maximum atomic E-state index is 14.2. The molecule has 3 aromatic rings. The number of nitrogens with zero attached hydrogens (tertiary/aromatic N) is 2. The molecule has 29 heavy (non-hydrogen) atoms. The van der Waals surface area contributed by atoms with Gasteiger partial charge in [0.2, 0.25) is 0 Å². The van der Waals surface area contributed by atoms with Crippen LogP contribution in [0.5, 0.6) is 5.75 Å². The molecular weight excluding hydrogens is 373 g/mol. The molecule has 0 radical (unpaired) electrons. The van der Waals surface area contributed by atoms with Crippen molar-refractivity contribution in [2.75, 3.05) is 11.7 Å². The number of halogens is 1. The molecule has 3 heterocycles. The van der Waals surface area contributed by atoms with Crippen LogP contribution in [0.4, 0.5) is 4.39 Å². The average molecular weight is 391 g/mol. The Kier molecular flexibility index (Phi) is 3.91. The summed E-state index contributed by atoms with van der Waals surface area (Å²) >= 11 is 0. The van der Waals surface area contributed by atoms with Gasteiger partial charge in [0.25, 0.3) is 5.91 Å². The fourth-order valence-corrected chi connectivity index (χ4v) is 4.08. The zero-order valence-electron chi connectivity index (χ0n) is 15.7. The molecule has 0 saturated carbocycles. The number of ether oxygens (including phenoxy) is 1. The number of hydrogen-bond donors (Lipinski definition) is 1. The van der Waals surface area contributed by atoms with Crippen molar-refractivity contribution in [2.45, 2.75) is 19.6 Å². The summed E-state index contributed by atoms with van der Waals surface area (Å²) in [4.78, 5) is 24.7. The van der Waals surface area contributed by atoms with Gasteiger partial charge in [-0.05, 0) is 36.2 Å². The number of rotatable bonds is 1. The highest BCUT2D eigenvalue weighted by Crippen LogP contribution is 2.39. The van der Waals surface area contributed by atoms with Crippen molar-refractivity contribution in [1.29, 1.82) is 0 Å². The number of pyridine rings is 1. The lowest BCUT2D eigenvalue weighted by Gasteiger charge is -2.40. The molecule has 1 aromatic heterocycles. The first-order valence-electron chi connectivity index (χ1n) is 9.32. The van der Waals surface area contributed by atoms with E-state index in [1.807, 2.05) is 29.3 Å². The van der Waals surface area contributed by atoms with Crippen LogP contribution in [0.2, 0.25) is 0 Å². The molecule has 1 unspecified atom stereocenters. The summed E-state index contributed by atoms with van der Waals surface area (Å²) in [7, 11) is 0. The van der Waals surface area contributed by atoms with Gasteiger partial charge in [-0.2, -0.15) is 0 Å². The van der Waals surface area contributed by atoms with Crippen LogP contribution in [0.1, 0.15) is 38.8 Å². The molecule has 5 rings (SSSR count). The summed E-state index contributed by atoms with van der Waals surface area (Å²) in [5, 5.41) is 4.75. The predicted molar refractivity (Wildman–Crippen MR) is 105 cm³/mol.